The minimum absolute atomic E-state index is 0.651. The molecule has 0 bridgehead atoms. The zero-order valence-electron chi connectivity index (χ0n) is 18.0. The fraction of sp³-hybridized carbons (Fsp3) is 0.556. The third kappa shape index (κ3) is 6.40. The number of rotatable bonds is 10. The molecule has 0 aromatic heterocycles. The lowest BCUT2D eigenvalue weighted by atomic mass is 9.77. The van der Waals surface area contributed by atoms with E-state index in [9.17, 15) is 0 Å². The van der Waals surface area contributed by atoms with Gasteiger partial charge in [-0.3, -0.25) is 0 Å². The summed E-state index contributed by atoms with van der Waals surface area (Å²) in [5, 5.41) is 0. The van der Waals surface area contributed by atoms with E-state index in [0.717, 1.165) is 17.6 Å². The Morgan fingerprint density at radius 2 is 1.39 bits per heavy atom. The average Bonchev–Trinajstić information content (AvgIpc) is 2.76. The maximum atomic E-state index is 5.99. The van der Waals surface area contributed by atoms with Crippen LogP contribution in [0, 0.1) is 5.92 Å². The molecule has 28 heavy (non-hydrogen) atoms. The van der Waals surface area contributed by atoms with Crippen molar-refractivity contribution in [3.05, 3.63) is 65.2 Å². The van der Waals surface area contributed by atoms with Crippen molar-refractivity contribution in [3.8, 4) is 5.75 Å². The normalized spacial score (nSPS) is 19.5. The molecule has 0 aliphatic heterocycles. The molecule has 2 aromatic rings. The quantitative estimate of drug-likeness (QED) is 0.406. The molecule has 1 fully saturated rings. The Bertz CT molecular complexity index is 662. The van der Waals surface area contributed by atoms with Crippen LogP contribution in [0.25, 0.3) is 0 Å². The van der Waals surface area contributed by atoms with E-state index in [4.69, 9.17) is 4.74 Å². The first-order chi connectivity index (χ1) is 13.8. The largest absolute Gasteiger partial charge is 0.489 e. The predicted molar refractivity (Wildman–Crippen MR) is 120 cm³/mol. The lowest BCUT2D eigenvalue weighted by Gasteiger charge is -2.29. The molecular formula is C27H38O. The molecule has 152 valence electrons. The van der Waals surface area contributed by atoms with E-state index in [1.54, 1.807) is 0 Å². The summed E-state index contributed by atoms with van der Waals surface area (Å²) in [5.41, 5.74) is 4.19. The highest BCUT2D eigenvalue weighted by Crippen LogP contribution is 2.37. The highest BCUT2D eigenvalue weighted by Gasteiger charge is 2.21. The summed E-state index contributed by atoms with van der Waals surface area (Å²) in [6.45, 7) is 5.19. The second kappa shape index (κ2) is 11.3. The molecular weight excluding hydrogens is 340 g/mol. The molecule has 1 aliphatic rings. The molecule has 0 atom stereocenters. The first kappa shape index (κ1) is 21.0. The number of benzene rings is 2. The molecule has 0 radical (unpaired) electrons. The maximum Gasteiger partial charge on any atom is 0.119 e. The number of hydrogen-bond donors (Lipinski definition) is 0. The molecule has 0 spiro atoms. The molecule has 0 saturated heterocycles. The van der Waals surface area contributed by atoms with Crippen LogP contribution >= 0.6 is 0 Å². The van der Waals surface area contributed by atoms with Gasteiger partial charge in [0, 0.05) is 0 Å². The van der Waals surface area contributed by atoms with Crippen LogP contribution in [0.2, 0.25) is 0 Å². The standard InChI is InChI=1S/C27H38O/c1-3-5-7-22-9-15-25(16-10-22)26-17-11-24(12-18-26)21-28-27-19-13-23(14-20-27)8-6-4-2/h11-14,17-20,22,25H,3-10,15-16,21H2,1-2H3/t22-,25-. The zero-order chi connectivity index (χ0) is 19.6. The van der Waals surface area contributed by atoms with Gasteiger partial charge in [-0.05, 0) is 79.2 Å². The van der Waals surface area contributed by atoms with Gasteiger partial charge in [-0.1, -0.05) is 75.9 Å². The van der Waals surface area contributed by atoms with Gasteiger partial charge in [-0.15, -0.1) is 0 Å². The van der Waals surface area contributed by atoms with E-state index < -0.39 is 0 Å². The van der Waals surface area contributed by atoms with Gasteiger partial charge in [-0.25, -0.2) is 0 Å². The van der Waals surface area contributed by atoms with Crippen LogP contribution in [0.15, 0.2) is 48.5 Å². The molecule has 1 heteroatoms. The second-order valence-corrected chi connectivity index (χ2v) is 8.64. The Morgan fingerprint density at radius 1 is 0.750 bits per heavy atom. The number of unbranched alkanes of at least 4 members (excludes halogenated alkanes) is 2. The lowest BCUT2D eigenvalue weighted by molar-refractivity contribution is 0.302. The fourth-order valence-electron chi connectivity index (χ4n) is 4.46. The highest BCUT2D eigenvalue weighted by molar-refractivity contribution is 5.29. The summed E-state index contributed by atoms with van der Waals surface area (Å²) in [7, 11) is 0. The van der Waals surface area contributed by atoms with E-state index in [-0.39, 0.29) is 0 Å². The third-order valence-electron chi connectivity index (χ3n) is 6.41. The van der Waals surface area contributed by atoms with Crippen molar-refractivity contribution in [1.82, 2.24) is 0 Å². The van der Waals surface area contributed by atoms with Crippen molar-refractivity contribution in [2.24, 2.45) is 5.92 Å². The lowest BCUT2D eigenvalue weighted by Crippen LogP contribution is -2.13. The molecule has 1 saturated carbocycles. The van der Waals surface area contributed by atoms with Gasteiger partial charge in [0.25, 0.3) is 0 Å². The summed E-state index contributed by atoms with van der Waals surface area (Å²) < 4.78 is 5.99. The first-order valence-electron chi connectivity index (χ1n) is 11.6. The van der Waals surface area contributed by atoms with Gasteiger partial charge in [0.15, 0.2) is 0 Å². The SMILES string of the molecule is CCCCc1ccc(OCc2ccc([C@H]3CC[C@H](CCCC)CC3)cc2)cc1. The smallest absolute Gasteiger partial charge is 0.119 e. The van der Waals surface area contributed by atoms with Crippen LogP contribution in [0.1, 0.15) is 94.2 Å². The monoisotopic (exact) mass is 378 g/mol. The summed E-state index contributed by atoms with van der Waals surface area (Å²) in [5.74, 6) is 2.72. The number of aryl methyl sites for hydroxylation is 1. The Labute approximate surface area is 172 Å². The van der Waals surface area contributed by atoms with Gasteiger partial charge in [0.05, 0.1) is 0 Å². The van der Waals surface area contributed by atoms with Crippen LogP contribution in [-0.2, 0) is 13.0 Å². The summed E-state index contributed by atoms with van der Waals surface area (Å²) in [6.07, 6.45) is 13.4. The van der Waals surface area contributed by atoms with Crippen LogP contribution in [0.4, 0.5) is 0 Å². The van der Waals surface area contributed by atoms with Gasteiger partial charge in [0.2, 0.25) is 0 Å². The fourth-order valence-corrected chi connectivity index (χ4v) is 4.46. The van der Waals surface area contributed by atoms with Crippen LogP contribution in [0.5, 0.6) is 5.75 Å². The van der Waals surface area contributed by atoms with Crippen molar-refractivity contribution >= 4 is 0 Å². The van der Waals surface area contributed by atoms with Gasteiger partial charge in [-0.2, -0.15) is 0 Å². The van der Waals surface area contributed by atoms with Crippen molar-refractivity contribution in [2.75, 3.05) is 0 Å². The molecule has 1 aliphatic carbocycles. The van der Waals surface area contributed by atoms with Crippen LogP contribution in [-0.4, -0.2) is 0 Å². The molecule has 3 rings (SSSR count). The molecule has 0 amide bonds. The maximum absolute atomic E-state index is 5.99. The van der Waals surface area contributed by atoms with E-state index >= 15 is 0 Å². The van der Waals surface area contributed by atoms with E-state index in [2.05, 4.69) is 62.4 Å². The average molecular weight is 379 g/mol. The Balaban J connectivity index is 1.44. The van der Waals surface area contributed by atoms with E-state index in [0.29, 0.717) is 6.61 Å². The molecule has 2 aromatic carbocycles. The molecule has 1 nitrogen and oxygen atoms in total. The van der Waals surface area contributed by atoms with Gasteiger partial charge < -0.3 is 4.74 Å². The predicted octanol–water partition coefficient (Wildman–Crippen LogP) is 8.07. The molecule has 0 unspecified atom stereocenters. The minimum atomic E-state index is 0.651. The van der Waals surface area contributed by atoms with Gasteiger partial charge in [0.1, 0.15) is 12.4 Å². The van der Waals surface area contributed by atoms with Crippen molar-refractivity contribution < 1.29 is 4.74 Å². The Kier molecular flexibility index (Phi) is 8.45. The van der Waals surface area contributed by atoms with E-state index in [1.165, 1.54) is 80.9 Å². The minimum Gasteiger partial charge on any atom is -0.489 e. The van der Waals surface area contributed by atoms with Crippen LogP contribution < -0.4 is 4.74 Å². The van der Waals surface area contributed by atoms with Gasteiger partial charge >= 0.3 is 0 Å². The van der Waals surface area contributed by atoms with Crippen molar-refractivity contribution in [2.45, 2.75) is 90.6 Å². The number of hydrogen-bond acceptors (Lipinski definition) is 1. The first-order valence-corrected chi connectivity index (χ1v) is 11.6. The summed E-state index contributed by atoms with van der Waals surface area (Å²) in [4.78, 5) is 0. The third-order valence-corrected chi connectivity index (χ3v) is 6.41. The number of ether oxygens (including phenoxy) is 1. The highest BCUT2D eigenvalue weighted by atomic mass is 16.5. The molecule has 0 N–H and O–H groups in total. The van der Waals surface area contributed by atoms with Crippen molar-refractivity contribution in [1.29, 1.82) is 0 Å². The Hall–Kier alpha value is -1.76. The molecule has 0 heterocycles. The zero-order valence-corrected chi connectivity index (χ0v) is 18.0. The Morgan fingerprint density at radius 3 is 2.04 bits per heavy atom. The second-order valence-electron chi connectivity index (χ2n) is 8.64. The summed E-state index contributed by atoms with van der Waals surface area (Å²) in [6, 6.07) is 17.8. The summed E-state index contributed by atoms with van der Waals surface area (Å²) >= 11 is 0. The van der Waals surface area contributed by atoms with Crippen molar-refractivity contribution in [3.63, 3.8) is 0 Å². The van der Waals surface area contributed by atoms with Crippen LogP contribution in [0.3, 0.4) is 0 Å². The topological polar surface area (TPSA) is 9.23 Å². The van der Waals surface area contributed by atoms with E-state index in [1.807, 2.05) is 0 Å².